The molecule has 0 saturated carbocycles. The zero-order valence-corrected chi connectivity index (χ0v) is 14.0. The van der Waals surface area contributed by atoms with Crippen LogP contribution in [0.5, 0.6) is 11.5 Å². The van der Waals surface area contributed by atoms with Crippen molar-refractivity contribution in [3.63, 3.8) is 0 Å². The molecule has 3 rings (SSSR count). The Morgan fingerprint density at radius 2 is 2.04 bits per heavy atom. The Bertz CT molecular complexity index is 925. The van der Waals surface area contributed by atoms with Crippen molar-refractivity contribution >= 4 is 33.9 Å². The molecule has 0 unspecified atom stereocenters. The molecule has 24 heavy (non-hydrogen) atoms. The fourth-order valence-corrected chi connectivity index (χ4v) is 2.52. The lowest BCUT2D eigenvalue weighted by molar-refractivity contribution is 0.412. The van der Waals surface area contributed by atoms with Gasteiger partial charge in [0.15, 0.2) is 0 Å². The monoisotopic (exact) mass is 341 g/mol. The molecule has 0 aliphatic carbocycles. The molecule has 1 heterocycles. The van der Waals surface area contributed by atoms with E-state index in [1.807, 2.05) is 19.1 Å². The molecule has 0 aliphatic heterocycles. The van der Waals surface area contributed by atoms with Gasteiger partial charge in [0.2, 0.25) is 0 Å². The van der Waals surface area contributed by atoms with Crippen LogP contribution in [-0.2, 0) is 0 Å². The van der Waals surface area contributed by atoms with E-state index in [0.29, 0.717) is 22.0 Å². The van der Waals surface area contributed by atoms with Crippen molar-refractivity contribution in [3.05, 3.63) is 59.2 Å². The number of halogens is 1. The summed E-state index contributed by atoms with van der Waals surface area (Å²) in [5.74, 6) is 0.798. The van der Waals surface area contributed by atoms with Crippen LogP contribution in [0.3, 0.4) is 0 Å². The van der Waals surface area contributed by atoms with E-state index in [-0.39, 0.29) is 5.75 Å². The predicted octanol–water partition coefficient (Wildman–Crippen LogP) is 4.44. The third kappa shape index (κ3) is 3.26. The number of hydrogen-bond acceptors (Lipinski definition) is 5. The van der Waals surface area contributed by atoms with Crippen molar-refractivity contribution in [1.29, 1.82) is 0 Å². The molecular weight excluding hydrogens is 326 g/mol. The van der Waals surface area contributed by atoms with Crippen molar-refractivity contribution in [1.82, 2.24) is 4.98 Å². The van der Waals surface area contributed by atoms with Crippen molar-refractivity contribution < 1.29 is 9.84 Å². The summed E-state index contributed by atoms with van der Waals surface area (Å²) in [5, 5.41) is 15.9. The van der Waals surface area contributed by atoms with E-state index in [9.17, 15) is 5.11 Å². The number of phenols is 1. The standard InChI is InChI=1S/C18H16ClN3O2/c1-11(15-10-13(24-2)4-6-18(15)23)21-22-16-7-8-20-17-9-12(19)3-5-14(16)17/h3-10,23H,1-2H3,(H,20,22)/b21-11+. The van der Waals surface area contributed by atoms with Crippen LogP contribution < -0.4 is 10.2 Å². The minimum absolute atomic E-state index is 0.144. The lowest BCUT2D eigenvalue weighted by Crippen LogP contribution is -2.01. The molecule has 0 atom stereocenters. The highest BCUT2D eigenvalue weighted by molar-refractivity contribution is 6.31. The fourth-order valence-electron chi connectivity index (χ4n) is 2.35. The number of anilines is 1. The minimum atomic E-state index is 0.144. The van der Waals surface area contributed by atoms with Crippen LogP contribution in [0.15, 0.2) is 53.8 Å². The Labute approximate surface area is 144 Å². The second-order valence-electron chi connectivity index (χ2n) is 5.21. The van der Waals surface area contributed by atoms with Crippen LogP contribution in [-0.4, -0.2) is 22.9 Å². The minimum Gasteiger partial charge on any atom is -0.507 e. The lowest BCUT2D eigenvalue weighted by Gasteiger charge is -2.09. The van der Waals surface area contributed by atoms with E-state index in [4.69, 9.17) is 16.3 Å². The number of aromatic nitrogens is 1. The smallest absolute Gasteiger partial charge is 0.124 e. The average Bonchev–Trinajstić information content (AvgIpc) is 2.59. The molecule has 3 aromatic rings. The third-order valence-electron chi connectivity index (χ3n) is 3.64. The van der Waals surface area contributed by atoms with E-state index in [0.717, 1.165) is 16.6 Å². The number of rotatable bonds is 4. The first-order valence-corrected chi connectivity index (χ1v) is 7.68. The number of nitrogens with zero attached hydrogens (tertiary/aromatic N) is 2. The number of aromatic hydroxyl groups is 1. The number of phenolic OH excluding ortho intramolecular Hbond substituents is 1. The maximum Gasteiger partial charge on any atom is 0.124 e. The molecule has 0 aliphatic rings. The van der Waals surface area contributed by atoms with Crippen molar-refractivity contribution in [2.75, 3.05) is 12.5 Å². The first-order valence-electron chi connectivity index (χ1n) is 7.30. The molecule has 2 N–H and O–H groups in total. The van der Waals surface area contributed by atoms with Gasteiger partial charge in [0.1, 0.15) is 11.5 Å². The largest absolute Gasteiger partial charge is 0.507 e. The number of fused-ring (bicyclic) bond motifs is 1. The summed E-state index contributed by atoms with van der Waals surface area (Å²) in [6.07, 6.45) is 1.69. The number of pyridine rings is 1. The van der Waals surface area contributed by atoms with E-state index < -0.39 is 0 Å². The second kappa shape index (κ2) is 6.76. The van der Waals surface area contributed by atoms with Crippen molar-refractivity contribution in [2.45, 2.75) is 6.92 Å². The molecule has 122 valence electrons. The van der Waals surface area contributed by atoms with Gasteiger partial charge in [-0.3, -0.25) is 10.4 Å². The van der Waals surface area contributed by atoms with Gasteiger partial charge < -0.3 is 9.84 Å². The van der Waals surface area contributed by atoms with Gasteiger partial charge in [0, 0.05) is 22.2 Å². The van der Waals surface area contributed by atoms with Gasteiger partial charge in [0.25, 0.3) is 0 Å². The maximum absolute atomic E-state index is 10.0. The first-order chi connectivity index (χ1) is 11.6. The number of nitrogens with one attached hydrogen (secondary N) is 1. The van der Waals surface area contributed by atoms with E-state index in [1.165, 1.54) is 0 Å². The lowest BCUT2D eigenvalue weighted by atomic mass is 10.1. The number of methoxy groups -OCH3 is 1. The van der Waals surface area contributed by atoms with Gasteiger partial charge in [-0.15, -0.1) is 0 Å². The van der Waals surface area contributed by atoms with Gasteiger partial charge in [-0.2, -0.15) is 5.10 Å². The molecule has 0 spiro atoms. The quantitative estimate of drug-likeness (QED) is 0.544. The van der Waals surface area contributed by atoms with Gasteiger partial charge in [0.05, 0.1) is 24.0 Å². The fraction of sp³-hybridized carbons (Fsp3) is 0.111. The van der Waals surface area contributed by atoms with Crippen molar-refractivity contribution in [2.24, 2.45) is 5.10 Å². The maximum atomic E-state index is 10.0. The number of ether oxygens (including phenoxy) is 1. The van der Waals surface area contributed by atoms with Crippen LogP contribution in [0.25, 0.3) is 10.9 Å². The number of benzene rings is 2. The second-order valence-corrected chi connectivity index (χ2v) is 5.65. The topological polar surface area (TPSA) is 66.7 Å². The normalized spacial score (nSPS) is 11.5. The molecule has 1 aromatic heterocycles. The molecule has 2 aromatic carbocycles. The summed E-state index contributed by atoms with van der Waals surface area (Å²) in [6, 6.07) is 12.3. The molecular formula is C18H16ClN3O2. The zero-order chi connectivity index (χ0) is 17.1. The van der Waals surface area contributed by atoms with Crippen molar-refractivity contribution in [3.8, 4) is 11.5 Å². The van der Waals surface area contributed by atoms with E-state index >= 15 is 0 Å². The van der Waals surface area contributed by atoms with Gasteiger partial charge >= 0.3 is 0 Å². The summed E-state index contributed by atoms with van der Waals surface area (Å²) in [5.41, 5.74) is 5.84. The Balaban J connectivity index is 1.93. The Hall–Kier alpha value is -2.79. The molecule has 5 nitrogen and oxygen atoms in total. The molecule has 0 fully saturated rings. The van der Waals surface area contributed by atoms with E-state index in [1.54, 1.807) is 43.6 Å². The third-order valence-corrected chi connectivity index (χ3v) is 3.88. The summed E-state index contributed by atoms with van der Waals surface area (Å²) in [7, 11) is 1.58. The summed E-state index contributed by atoms with van der Waals surface area (Å²) >= 11 is 6.00. The Morgan fingerprint density at radius 1 is 1.21 bits per heavy atom. The summed E-state index contributed by atoms with van der Waals surface area (Å²) in [4.78, 5) is 4.30. The van der Waals surface area contributed by atoms with Crippen LogP contribution in [0.2, 0.25) is 5.02 Å². The molecule has 6 heteroatoms. The van der Waals surface area contributed by atoms with Gasteiger partial charge in [-0.25, -0.2) is 0 Å². The van der Waals surface area contributed by atoms with Crippen LogP contribution in [0, 0.1) is 0 Å². The molecule has 0 amide bonds. The van der Waals surface area contributed by atoms with Crippen LogP contribution >= 0.6 is 11.6 Å². The Morgan fingerprint density at radius 3 is 2.83 bits per heavy atom. The number of hydrazone groups is 1. The average molecular weight is 342 g/mol. The summed E-state index contributed by atoms with van der Waals surface area (Å²) < 4.78 is 5.18. The highest BCUT2D eigenvalue weighted by atomic mass is 35.5. The predicted molar refractivity (Wildman–Crippen MR) is 97.2 cm³/mol. The first kappa shape index (κ1) is 16.1. The SMILES string of the molecule is COc1ccc(O)c(/C(C)=N/Nc2ccnc3cc(Cl)ccc23)c1. The highest BCUT2D eigenvalue weighted by Gasteiger charge is 2.07. The molecule has 0 bridgehead atoms. The van der Waals surface area contributed by atoms with Crippen LogP contribution in [0.1, 0.15) is 12.5 Å². The highest BCUT2D eigenvalue weighted by Crippen LogP contribution is 2.26. The molecule has 0 saturated heterocycles. The van der Waals surface area contributed by atoms with E-state index in [2.05, 4.69) is 15.5 Å². The van der Waals surface area contributed by atoms with Gasteiger partial charge in [-0.1, -0.05) is 11.6 Å². The Kier molecular flexibility index (Phi) is 4.53. The summed E-state index contributed by atoms with van der Waals surface area (Å²) in [6.45, 7) is 1.81. The van der Waals surface area contributed by atoms with Gasteiger partial charge in [-0.05, 0) is 49.4 Å². The number of hydrogen-bond donors (Lipinski definition) is 2. The molecule has 0 radical (unpaired) electrons. The zero-order valence-electron chi connectivity index (χ0n) is 13.2. The van der Waals surface area contributed by atoms with Crippen LogP contribution in [0.4, 0.5) is 5.69 Å².